The largest absolute Gasteiger partial charge is 0.480 e. The number of benzene rings is 1. The Morgan fingerprint density at radius 2 is 1.62 bits per heavy atom. The van der Waals surface area contributed by atoms with Crippen LogP contribution in [0.1, 0.15) is 105 Å². The second-order valence-electron chi connectivity index (χ2n) is 15.5. The Morgan fingerprint density at radius 3 is 2.33 bits per heavy atom. The van der Waals surface area contributed by atoms with Crippen molar-refractivity contribution in [3.63, 3.8) is 0 Å². The molecule has 4 saturated heterocycles. The van der Waals surface area contributed by atoms with Gasteiger partial charge in [0.2, 0.25) is 11.8 Å². The van der Waals surface area contributed by atoms with Crippen LogP contribution < -0.4 is 10.6 Å². The predicted octanol–water partition coefficient (Wildman–Crippen LogP) is 3.34. The molecular weight excluding hydrogens is 610 g/mol. The molecule has 2 saturated carbocycles. The fourth-order valence-electron chi connectivity index (χ4n) is 9.14. The van der Waals surface area contributed by atoms with Crippen LogP contribution >= 0.6 is 0 Å². The summed E-state index contributed by atoms with van der Waals surface area (Å²) >= 11 is 0. The van der Waals surface area contributed by atoms with E-state index in [4.69, 9.17) is 9.84 Å². The van der Waals surface area contributed by atoms with Crippen LogP contribution in [0.5, 0.6) is 0 Å². The number of ether oxygens (including phenoxy) is 1. The van der Waals surface area contributed by atoms with Crippen LogP contribution in [0.3, 0.4) is 0 Å². The van der Waals surface area contributed by atoms with E-state index in [2.05, 4.69) is 21.6 Å². The minimum absolute atomic E-state index is 0.0283. The van der Waals surface area contributed by atoms with Crippen LogP contribution in [-0.4, -0.2) is 113 Å². The van der Waals surface area contributed by atoms with Crippen LogP contribution in [-0.2, 0) is 19.1 Å². The third-order valence-corrected chi connectivity index (χ3v) is 12.1. The van der Waals surface area contributed by atoms with Gasteiger partial charge in [-0.2, -0.15) is 0 Å². The Labute approximate surface area is 284 Å². The molecule has 4 heterocycles. The van der Waals surface area contributed by atoms with Crippen LogP contribution in [0.4, 0.5) is 0 Å². The number of amides is 3. The summed E-state index contributed by atoms with van der Waals surface area (Å²) < 4.78 is 6.49. The van der Waals surface area contributed by atoms with Gasteiger partial charge in [-0.05, 0) is 87.8 Å². The quantitative estimate of drug-likeness (QED) is 0.329. The molecule has 3 N–H and O–H groups in total. The molecule has 1 aromatic carbocycles. The van der Waals surface area contributed by atoms with Crippen molar-refractivity contribution in [2.45, 2.75) is 107 Å². The molecule has 11 nitrogen and oxygen atoms in total. The molecule has 6 aliphatic rings. The van der Waals surface area contributed by atoms with Gasteiger partial charge in [-0.25, -0.2) is 0 Å². The Balaban J connectivity index is 0.963. The summed E-state index contributed by atoms with van der Waals surface area (Å²) in [7, 11) is 0. The second kappa shape index (κ2) is 14.1. The monoisotopic (exact) mass is 663 g/mol. The lowest BCUT2D eigenvalue weighted by Gasteiger charge is -2.41. The highest BCUT2D eigenvalue weighted by atomic mass is 16.6. The number of piperidine rings is 1. The zero-order valence-corrected chi connectivity index (χ0v) is 28.3. The highest BCUT2D eigenvalue weighted by Crippen LogP contribution is 2.49. The molecule has 0 radical (unpaired) electrons. The highest BCUT2D eigenvalue weighted by molar-refractivity contribution is 5.98. The smallest absolute Gasteiger partial charge is 0.317 e. The Kier molecular flexibility index (Phi) is 9.81. The third kappa shape index (κ3) is 7.43. The number of rotatable bonds is 11. The van der Waals surface area contributed by atoms with Gasteiger partial charge in [-0.3, -0.25) is 29.4 Å². The molecular formula is C37H53N5O6. The van der Waals surface area contributed by atoms with Gasteiger partial charge in [-0.1, -0.05) is 31.4 Å². The normalized spacial score (nSPS) is 30.3. The summed E-state index contributed by atoms with van der Waals surface area (Å²) in [5.41, 5.74) is 0.897. The van der Waals surface area contributed by atoms with Crippen molar-refractivity contribution >= 4 is 23.7 Å². The average molecular weight is 664 g/mol. The number of hydrogen-bond acceptors (Lipinski definition) is 7. The van der Waals surface area contributed by atoms with Gasteiger partial charge >= 0.3 is 5.97 Å². The number of likely N-dealkylation sites (tertiary alicyclic amines) is 1. The molecule has 3 amide bonds. The van der Waals surface area contributed by atoms with Gasteiger partial charge in [0, 0.05) is 63.2 Å². The number of aliphatic carboxylic acids is 1. The maximum absolute atomic E-state index is 14.2. The molecule has 2 aliphatic carbocycles. The molecule has 7 rings (SSSR count). The van der Waals surface area contributed by atoms with E-state index in [1.807, 2.05) is 28.0 Å². The van der Waals surface area contributed by atoms with Gasteiger partial charge in [-0.15, -0.1) is 0 Å². The molecule has 2 bridgehead atoms. The summed E-state index contributed by atoms with van der Waals surface area (Å²) in [6.07, 6.45) is 12.7. The first-order chi connectivity index (χ1) is 23.2. The van der Waals surface area contributed by atoms with E-state index in [0.717, 1.165) is 109 Å². The zero-order chi connectivity index (χ0) is 33.3. The third-order valence-electron chi connectivity index (χ3n) is 12.1. The van der Waals surface area contributed by atoms with Gasteiger partial charge in [0.05, 0.1) is 12.1 Å². The maximum atomic E-state index is 14.2. The fraction of sp³-hybridized carbons (Fsp3) is 0.730. The summed E-state index contributed by atoms with van der Waals surface area (Å²) in [6.45, 7) is 4.97. The van der Waals surface area contributed by atoms with Gasteiger partial charge in [0.15, 0.2) is 0 Å². The van der Waals surface area contributed by atoms with Crippen LogP contribution in [0.15, 0.2) is 24.3 Å². The van der Waals surface area contributed by atoms with Crippen LogP contribution in [0.25, 0.3) is 0 Å². The summed E-state index contributed by atoms with van der Waals surface area (Å²) in [5.74, 6) is -0.176. The first-order valence-corrected chi connectivity index (χ1v) is 18.6. The number of nitrogens with one attached hydrogen (secondary N) is 2. The van der Waals surface area contributed by atoms with Crippen molar-refractivity contribution < 1.29 is 29.0 Å². The van der Waals surface area contributed by atoms with Crippen LogP contribution in [0.2, 0.25) is 0 Å². The standard InChI is InChI=1S/C37H53N5O6/c43-31(44)23-38-37-15-13-36(48-37,14-16-37)25-40-18-20-41(21-19-40)35(47)32(26-6-2-1-3-7-26)39-33(45)29-9-4-8-28(22-29)30-10-5-17-42(24-30)34(46)27-11-12-27/h4,8-9,22,26-27,30,32,38H,1-3,5-7,10-21,23-25H2,(H,39,45)(H,43,44)/t30?,32-,36?,37?/m1/s1. The van der Waals surface area contributed by atoms with E-state index in [1.165, 1.54) is 6.42 Å². The van der Waals surface area contributed by atoms with Crippen molar-refractivity contribution in [2.75, 3.05) is 52.4 Å². The minimum Gasteiger partial charge on any atom is -0.480 e. The lowest BCUT2D eigenvalue weighted by molar-refractivity contribution is -0.140. The first kappa shape index (κ1) is 33.5. The van der Waals surface area contributed by atoms with Crippen LogP contribution in [0, 0.1) is 11.8 Å². The van der Waals surface area contributed by atoms with E-state index >= 15 is 0 Å². The van der Waals surface area contributed by atoms with E-state index in [0.29, 0.717) is 31.1 Å². The molecule has 2 atom stereocenters. The lowest BCUT2D eigenvalue weighted by Crippen LogP contribution is -2.58. The topological polar surface area (TPSA) is 132 Å². The molecule has 4 aliphatic heterocycles. The average Bonchev–Trinajstić information content (AvgIpc) is 3.83. The fourth-order valence-corrected chi connectivity index (χ4v) is 9.14. The number of hydrogen-bond donors (Lipinski definition) is 3. The SMILES string of the molecule is O=C(O)CNC12CCC(CN3CCN(C(=O)[C@H](NC(=O)c4cccc(C5CCCN(C(=O)C6CC6)C5)c4)C4CCCCC4)CC3)(CC1)O2. The molecule has 6 fully saturated rings. The van der Waals surface area contributed by atoms with Crippen molar-refractivity contribution in [3.8, 4) is 0 Å². The van der Waals surface area contributed by atoms with Crippen molar-refractivity contribution in [1.29, 1.82) is 0 Å². The Morgan fingerprint density at radius 1 is 0.875 bits per heavy atom. The summed E-state index contributed by atoms with van der Waals surface area (Å²) in [6, 6.07) is 7.29. The Bertz CT molecular complexity index is 1360. The molecule has 1 unspecified atom stereocenters. The van der Waals surface area contributed by atoms with E-state index in [1.54, 1.807) is 0 Å². The molecule has 11 heteroatoms. The lowest BCUT2D eigenvalue weighted by atomic mass is 9.83. The van der Waals surface area contributed by atoms with Gasteiger partial charge < -0.3 is 25.0 Å². The maximum Gasteiger partial charge on any atom is 0.317 e. The van der Waals surface area contributed by atoms with Crippen molar-refractivity contribution in [1.82, 2.24) is 25.3 Å². The summed E-state index contributed by atoms with van der Waals surface area (Å²) in [4.78, 5) is 58.2. The summed E-state index contributed by atoms with van der Waals surface area (Å²) in [5, 5.41) is 15.5. The zero-order valence-electron chi connectivity index (χ0n) is 28.3. The number of carboxylic acids is 1. The number of nitrogens with zero attached hydrogens (tertiary/aromatic N) is 3. The number of carbonyl (C=O) groups is 4. The predicted molar refractivity (Wildman–Crippen MR) is 179 cm³/mol. The van der Waals surface area contributed by atoms with E-state index < -0.39 is 17.7 Å². The number of piperazine rings is 1. The van der Waals surface area contributed by atoms with Gasteiger partial charge in [0.25, 0.3) is 5.91 Å². The van der Waals surface area contributed by atoms with E-state index in [-0.39, 0.29) is 41.7 Å². The first-order valence-electron chi connectivity index (χ1n) is 18.6. The van der Waals surface area contributed by atoms with E-state index in [9.17, 15) is 19.2 Å². The molecule has 262 valence electrons. The second-order valence-corrected chi connectivity index (χ2v) is 15.5. The van der Waals surface area contributed by atoms with Crippen molar-refractivity contribution in [3.05, 3.63) is 35.4 Å². The highest BCUT2D eigenvalue weighted by Gasteiger charge is 2.56. The molecule has 0 spiro atoms. The van der Waals surface area contributed by atoms with Crippen molar-refractivity contribution in [2.24, 2.45) is 11.8 Å². The minimum atomic E-state index is -0.872. The molecule has 0 aromatic heterocycles. The number of fused-ring (bicyclic) bond motifs is 2. The number of carbonyl (C=O) groups excluding carboxylic acids is 3. The molecule has 48 heavy (non-hydrogen) atoms. The Hall–Kier alpha value is -3.02. The van der Waals surface area contributed by atoms with Gasteiger partial charge in [0.1, 0.15) is 11.8 Å². The molecule has 1 aromatic rings. The number of carboxylic acid groups (broad SMARTS) is 1.